The van der Waals surface area contributed by atoms with Crippen LogP contribution in [-0.2, 0) is 27.5 Å². The van der Waals surface area contributed by atoms with E-state index in [0.29, 0.717) is 52.4 Å². The maximum atomic E-state index is 12.9. The lowest BCUT2D eigenvalue weighted by Crippen LogP contribution is -2.52. The molecule has 2 aromatic rings. The summed E-state index contributed by atoms with van der Waals surface area (Å²) in [4.78, 5) is 43.0. The Morgan fingerprint density at radius 2 is 1.81 bits per heavy atom. The van der Waals surface area contributed by atoms with Crippen molar-refractivity contribution in [2.24, 2.45) is 5.92 Å². The maximum Gasteiger partial charge on any atom is 0.234 e. The standard InChI is InChI=1S/C23H28N4O4/c28-21(24-14-18-5-2-1-3-6-18)17-25-8-10-26(11-9-25)23(30)19-13-22(29)27(15-19)16-20-7-4-12-31-20/h1-7,12,19H,8-11,13-17H2,(H,24,28). The van der Waals surface area contributed by atoms with E-state index in [2.05, 4.69) is 10.2 Å². The Kier molecular flexibility index (Phi) is 6.66. The first-order valence-electron chi connectivity index (χ1n) is 10.7. The van der Waals surface area contributed by atoms with E-state index in [9.17, 15) is 14.4 Å². The van der Waals surface area contributed by atoms with Crippen LogP contribution in [0.25, 0.3) is 0 Å². The fraction of sp³-hybridized carbons (Fsp3) is 0.435. The number of likely N-dealkylation sites (tertiary alicyclic amines) is 1. The van der Waals surface area contributed by atoms with Crippen molar-refractivity contribution in [3.63, 3.8) is 0 Å². The molecule has 1 atom stereocenters. The smallest absolute Gasteiger partial charge is 0.234 e. The van der Waals surface area contributed by atoms with Gasteiger partial charge in [0.1, 0.15) is 5.76 Å². The van der Waals surface area contributed by atoms with Crippen molar-refractivity contribution in [1.29, 1.82) is 0 Å². The molecule has 0 spiro atoms. The topological polar surface area (TPSA) is 86.1 Å². The summed E-state index contributed by atoms with van der Waals surface area (Å²) in [6, 6.07) is 13.4. The van der Waals surface area contributed by atoms with Crippen LogP contribution in [0.15, 0.2) is 53.1 Å². The Bertz CT molecular complexity index is 892. The molecule has 164 valence electrons. The number of piperazine rings is 1. The Hall–Kier alpha value is -3.13. The van der Waals surface area contributed by atoms with Crippen LogP contribution in [0.1, 0.15) is 17.7 Å². The summed E-state index contributed by atoms with van der Waals surface area (Å²) in [6.45, 7) is 4.14. The van der Waals surface area contributed by atoms with Crippen molar-refractivity contribution >= 4 is 17.7 Å². The third kappa shape index (κ3) is 5.52. The number of benzene rings is 1. The molecule has 4 rings (SSSR count). The van der Waals surface area contributed by atoms with Gasteiger partial charge >= 0.3 is 0 Å². The summed E-state index contributed by atoms with van der Waals surface area (Å²) >= 11 is 0. The highest BCUT2D eigenvalue weighted by Crippen LogP contribution is 2.23. The molecule has 2 aliphatic heterocycles. The summed E-state index contributed by atoms with van der Waals surface area (Å²) < 4.78 is 5.31. The van der Waals surface area contributed by atoms with Crippen molar-refractivity contribution < 1.29 is 18.8 Å². The van der Waals surface area contributed by atoms with E-state index in [4.69, 9.17) is 4.42 Å². The summed E-state index contributed by atoms with van der Waals surface area (Å²) in [7, 11) is 0. The first-order valence-corrected chi connectivity index (χ1v) is 10.7. The molecule has 0 aliphatic carbocycles. The molecular formula is C23H28N4O4. The van der Waals surface area contributed by atoms with Crippen molar-refractivity contribution in [2.45, 2.75) is 19.5 Å². The zero-order valence-electron chi connectivity index (χ0n) is 17.5. The molecule has 0 saturated carbocycles. The van der Waals surface area contributed by atoms with Crippen LogP contribution >= 0.6 is 0 Å². The van der Waals surface area contributed by atoms with Gasteiger partial charge in [0.15, 0.2) is 0 Å². The number of amides is 3. The summed E-state index contributed by atoms with van der Waals surface area (Å²) in [6.07, 6.45) is 1.83. The second-order valence-electron chi connectivity index (χ2n) is 8.12. The number of carbonyl (C=O) groups is 3. The van der Waals surface area contributed by atoms with Gasteiger partial charge in [-0.25, -0.2) is 0 Å². The van der Waals surface area contributed by atoms with Gasteiger partial charge in [0.2, 0.25) is 17.7 Å². The van der Waals surface area contributed by atoms with Gasteiger partial charge in [-0.3, -0.25) is 19.3 Å². The second-order valence-corrected chi connectivity index (χ2v) is 8.12. The van der Waals surface area contributed by atoms with E-state index in [1.165, 1.54) is 0 Å². The van der Waals surface area contributed by atoms with E-state index in [1.807, 2.05) is 41.3 Å². The van der Waals surface area contributed by atoms with Crippen molar-refractivity contribution in [3.05, 3.63) is 60.1 Å². The van der Waals surface area contributed by atoms with E-state index < -0.39 is 0 Å². The Morgan fingerprint density at radius 3 is 2.52 bits per heavy atom. The van der Waals surface area contributed by atoms with E-state index in [0.717, 1.165) is 11.3 Å². The molecule has 31 heavy (non-hydrogen) atoms. The fourth-order valence-electron chi connectivity index (χ4n) is 4.12. The monoisotopic (exact) mass is 424 g/mol. The largest absolute Gasteiger partial charge is 0.467 e. The third-order valence-corrected chi connectivity index (χ3v) is 5.87. The van der Waals surface area contributed by atoms with Gasteiger partial charge < -0.3 is 19.5 Å². The predicted octanol–water partition coefficient (Wildman–Crippen LogP) is 1.09. The molecular weight excluding hydrogens is 396 g/mol. The minimum absolute atomic E-state index is 0.0107. The third-order valence-electron chi connectivity index (χ3n) is 5.87. The molecule has 1 N–H and O–H groups in total. The molecule has 0 bridgehead atoms. The predicted molar refractivity (Wildman–Crippen MR) is 114 cm³/mol. The lowest BCUT2D eigenvalue weighted by molar-refractivity contribution is -0.137. The van der Waals surface area contributed by atoms with Crippen LogP contribution < -0.4 is 5.32 Å². The SMILES string of the molecule is O=C(CN1CCN(C(=O)C2CC(=O)N(Cc3ccco3)C2)CC1)NCc1ccccc1. The maximum absolute atomic E-state index is 12.9. The fourth-order valence-corrected chi connectivity index (χ4v) is 4.12. The minimum atomic E-state index is -0.303. The molecule has 3 heterocycles. The number of hydrogen-bond donors (Lipinski definition) is 1. The average Bonchev–Trinajstić information content (AvgIpc) is 3.43. The number of hydrogen-bond acceptors (Lipinski definition) is 5. The van der Waals surface area contributed by atoms with E-state index >= 15 is 0 Å². The van der Waals surface area contributed by atoms with Crippen LogP contribution in [-0.4, -0.2) is 71.7 Å². The first kappa shape index (κ1) is 21.1. The molecule has 3 amide bonds. The van der Waals surface area contributed by atoms with Crippen LogP contribution in [0, 0.1) is 5.92 Å². The van der Waals surface area contributed by atoms with Gasteiger partial charge in [-0.1, -0.05) is 30.3 Å². The quantitative estimate of drug-likeness (QED) is 0.719. The van der Waals surface area contributed by atoms with Gasteiger partial charge in [-0.15, -0.1) is 0 Å². The summed E-state index contributed by atoms with van der Waals surface area (Å²) in [5.41, 5.74) is 1.07. The summed E-state index contributed by atoms with van der Waals surface area (Å²) in [5, 5.41) is 2.94. The Labute approximate surface area is 181 Å². The Balaban J connectivity index is 1.19. The number of carbonyl (C=O) groups excluding carboxylic acids is 3. The van der Waals surface area contributed by atoms with Crippen LogP contribution in [0.3, 0.4) is 0 Å². The van der Waals surface area contributed by atoms with Gasteiger partial charge in [-0.05, 0) is 17.7 Å². The average molecular weight is 425 g/mol. The summed E-state index contributed by atoms with van der Waals surface area (Å²) in [5.74, 6) is 0.425. The van der Waals surface area contributed by atoms with E-state index in [1.54, 1.807) is 17.2 Å². The molecule has 2 aliphatic rings. The molecule has 8 heteroatoms. The molecule has 2 saturated heterocycles. The van der Waals surface area contributed by atoms with Gasteiger partial charge in [0, 0.05) is 45.7 Å². The number of rotatable bonds is 7. The molecule has 1 aromatic carbocycles. The zero-order valence-corrected chi connectivity index (χ0v) is 17.5. The molecule has 2 fully saturated rings. The van der Waals surface area contributed by atoms with Crippen LogP contribution in [0.4, 0.5) is 0 Å². The highest BCUT2D eigenvalue weighted by atomic mass is 16.3. The lowest BCUT2D eigenvalue weighted by atomic mass is 10.1. The molecule has 8 nitrogen and oxygen atoms in total. The van der Waals surface area contributed by atoms with Crippen LogP contribution in [0.5, 0.6) is 0 Å². The van der Waals surface area contributed by atoms with Crippen LogP contribution in [0.2, 0.25) is 0 Å². The zero-order chi connectivity index (χ0) is 21.6. The number of furan rings is 1. The van der Waals surface area contributed by atoms with Crippen molar-refractivity contribution in [2.75, 3.05) is 39.3 Å². The van der Waals surface area contributed by atoms with Crippen molar-refractivity contribution in [3.8, 4) is 0 Å². The lowest BCUT2D eigenvalue weighted by Gasteiger charge is -2.35. The minimum Gasteiger partial charge on any atom is -0.467 e. The number of nitrogens with one attached hydrogen (secondary N) is 1. The van der Waals surface area contributed by atoms with Gasteiger partial charge in [0.05, 0.1) is 25.3 Å². The second kappa shape index (κ2) is 9.78. The normalized spacial score (nSPS) is 19.6. The highest BCUT2D eigenvalue weighted by Gasteiger charge is 2.37. The molecule has 1 unspecified atom stereocenters. The highest BCUT2D eigenvalue weighted by molar-refractivity contribution is 5.89. The van der Waals surface area contributed by atoms with Gasteiger partial charge in [-0.2, -0.15) is 0 Å². The molecule has 1 aromatic heterocycles. The molecule has 0 radical (unpaired) electrons. The van der Waals surface area contributed by atoms with E-state index in [-0.39, 0.29) is 30.1 Å². The number of nitrogens with zero attached hydrogens (tertiary/aromatic N) is 3. The first-order chi connectivity index (χ1) is 15.1. The van der Waals surface area contributed by atoms with Gasteiger partial charge in [0.25, 0.3) is 0 Å². The Morgan fingerprint density at radius 1 is 1.03 bits per heavy atom. The van der Waals surface area contributed by atoms with Crippen molar-refractivity contribution in [1.82, 2.24) is 20.0 Å².